The van der Waals surface area contributed by atoms with Crippen LogP contribution in [0.4, 0.5) is 0 Å². The molecule has 2 aliphatic carbocycles. The Bertz CT molecular complexity index is 502. The topological polar surface area (TPSA) is 55.1 Å². The first kappa shape index (κ1) is 14.6. The van der Waals surface area contributed by atoms with E-state index in [1.54, 1.807) is 0 Å². The highest BCUT2D eigenvalue weighted by molar-refractivity contribution is 5.76. The van der Waals surface area contributed by atoms with Crippen molar-refractivity contribution in [2.24, 2.45) is 5.73 Å². The van der Waals surface area contributed by atoms with Gasteiger partial charge in [0.1, 0.15) is 0 Å². The third-order valence-corrected chi connectivity index (χ3v) is 4.89. The minimum absolute atomic E-state index is 0.0300. The van der Waals surface area contributed by atoms with Crippen LogP contribution in [-0.4, -0.2) is 17.5 Å². The smallest absolute Gasteiger partial charge is 0.220 e. The Kier molecular flexibility index (Phi) is 4.29. The van der Waals surface area contributed by atoms with Gasteiger partial charge in [-0.25, -0.2) is 0 Å². The van der Waals surface area contributed by atoms with Crippen molar-refractivity contribution in [1.82, 2.24) is 5.32 Å². The van der Waals surface area contributed by atoms with Gasteiger partial charge in [-0.2, -0.15) is 0 Å². The van der Waals surface area contributed by atoms with Crippen molar-refractivity contribution in [3.8, 4) is 0 Å². The fourth-order valence-electron chi connectivity index (χ4n) is 3.31. The number of carbonyl (C=O) groups is 1. The second kappa shape index (κ2) is 6.18. The maximum atomic E-state index is 12.0. The Labute approximate surface area is 127 Å². The van der Waals surface area contributed by atoms with E-state index in [-0.39, 0.29) is 11.4 Å². The number of carbonyl (C=O) groups excluding carboxylic acids is 1. The predicted molar refractivity (Wildman–Crippen MR) is 85.0 cm³/mol. The van der Waals surface area contributed by atoms with Crippen molar-refractivity contribution in [2.75, 3.05) is 0 Å². The molecular formula is C18H26N2O. The van der Waals surface area contributed by atoms with E-state index < -0.39 is 0 Å². The number of aryl methyl sites for hydroxylation is 1. The Morgan fingerprint density at radius 3 is 2.52 bits per heavy atom. The number of hydrogen-bond acceptors (Lipinski definition) is 2. The normalized spacial score (nSPS) is 20.4. The monoisotopic (exact) mass is 286 g/mol. The molecule has 0 aliphatic heterocycles. The van der Waals surface area contributed by atoms with E-state index >= 15 is 0 Å². The van der Waals surface area contributed by atoms with E-state index in [1.165, 1.54) is 24.0 Å². The van der Waals surface area contributed by atoms with Gasteiger partial charge < -0.3 is 11.1 Å². The quantitative estimate of drug-likeness (QED) is 0.845. The molecule has 0 bridgehead atoms. The Morgan fingerprint density at radius 2 is 1.86 bits per heavy atom. The van der Waals surface area contributed by atoms with Crippen molar-refractivity contribution in [1.29, 1.82) is 0 Å². The number of hydrogen-bond donors (Lipinski definition) is 2. The molecule has 3 N–H and O–H groups in total. The lowest BCUT2D eigenvalue weighted by molar-refractivity contribution is -0.121. The van der Waals surface area contributed by atoms with Gasteiger partial charge in [0, 0.05) is 18.0 Å². The summed E-state index contributed by atoms with van der Waals surface area (Å²) < 4.78 is 0. The summed E-state index contributed by atoms with van der Waals surface area (Å²) >= 11 is 0. The molecule has 0 unspecified atom stereocenters. The summed E-state index contributed by atoms with van der Waals surface area (Å²) in [7, 11) is 0. The van der Waals surface area contributed by atoms with Gasteiger partial charge >= 0.3 is 0 Å². The second-order valence-corrected chi connectivity index (χ2v) is 6.86. The summed E-state index contributed by atoms with van der Waals surface area (Å²) in [6.07, 6.45) is 9.44. The van der Waals surface area contributed by atoms with E-state index in [1.807, 2.05) is 0 Å². The fourth-order valence-corrected chi connectivity index (χ4v) is 3.31. The minimum Gasteiger partial charge on any atom is -0.353 e. The van der Waals surface area contributed by atoms with E-state index in [0.29, 0.717) is 12.5 Å². The maximum absolute atomic E-state index is 12.0. The summed E-state index contributed by atoms with van der Waals surface area (Å²) in [6.45, 7) is 0. The number of rotatable bonds is 6. The van der Waals surface area contributed by atoms with Gasteiger partial charge in [-0.1, -0.05) is 37.1 Å². The van der Waals surface area contributed by atoms with Crippen LogP contribution in [0.15, 0.2) is 24.3 Å². The molecule has 0 atom stereocenters. The second-order valence-electron chi connectivity index (χ2n) is 6.86. The number of benzene rings is 1. The first-order valence-electron chi connectivity index (χ1n) is 8.30. The third kappa shape index (κ3) is 4.07. The molecule has 0 heterocycles. The molecule has 1 amide bonds. The Morgan fingerprint density at radius 1 is 1.19 bits per heavy atom. The molecule has 3 rings (SSSR count). The van der Waals surface area contributed by atoms with Crippen molar-refractivity contribution in [3.63, 3.8) is 0 Å². The van der Waals surface area contributed by atoms with Crippen LogP contribution in [0, 0.1) is 0 Å². The van der Waals surface area contributed by atoms with Gasteiger partial charge in [0.25, 0.3) is 0 Å². The minimum atomic E-state index is 0.0300. The first-order chi connectivity index (χ1) is 10.1. The standard InChI is InChI=1S/C18H26N2O/c19-18(11-12-18)13-15-6-2-1-5-14(15)9-10-17(21)20-16-7-3-4-8-16/h1-2,5-6,16H,3-4,7-13,19H2,(H,20,21). The lowest BCUT2D eigenvalue weighted by Gasteiger charge is -2.15. The molecule has 21 heavy (non-hydrogen) atoms. The zero-order valence-corrected chi connectivity index (χ0v) is 12.7. The molecule has 114 valence electrons. The van der Waals surface area contributed by atoms with Crippen molar-refractivity contribution in [3.05, 3.63) is 35.4 Å². The fraction of sp³-hybridized carbons (Fsp3) is 0.611. The summed E-state index contributed by atoms with van der Waals surface area (Å²) in [5.41, 5.74) is 8.88. The summed E-state index contributed by atoms with van der Waals surface area (Å²) in [5.74, 6) is 0.200. The third-order valence-electron chi connectivity index (χ3n) is 4.89. The first-order valence-corrected chi connectivity index (χ1v) is 8.30. The van der Waals surface area contributed by atoms with Crippen LogP contribution in [0.2, 0.25) is 0 Å². The zero-order valence-electron chi connectivity index (χ0n) is 12.7. The van der Waals surface area contributed by atoms with Crippen molar-refractivity contribution >= 4 is 5.91 Å². The summed E-state index contributed by atoms with van der Waals surface area (Å²) in [5, 5.41) is 3.17. The van der Waals surface area contributed by atoms with Crippen LogP contribution in [0.5, 0.6) is 0 Å². The highest BCUT2D eigenvalue weighted by Gasteiger charge is 2.38. The van der Waals surface area contributed by atoms with Crippen LogP contribution in [0.1, 0.15) is 56.1 Å². The molecule has 3 heteroatoms. The van der Waals surface area contributed by atoms with Gasteiger partial charge in [0.2, 0.25) is 5.91 Å². The van der Waals surface area contributed by atoms with Gasteiger partial charge in [-0.3, -0.25) is 4.79 Å². The Balaban J connectivity index is 1.53. The van der Waals surface area contributed by atoms with Crippen LogP contribution in [0.25, 0.3) is 0 Å². The molecule has 1 aromatic rings. The van der Waals surface area contributed by atoms with Crippen LogP contribution < -0.4 is 11.1 Å². The molecule has 0 saturated heterocycles. The van der Waals surface area contributed by atoms with E-state index in [2.05, 4.69) is 29.6 Å². The van der Waals surface area contributed by atoms with Gasteiger partial charge in [0.15, 0.2) is 0 Å². The Hall–Kier alpha value is -1.35. The molecule has 0 radical (unpaired) electrons. The average molecular weight is 286 g/mol. The van der Waals surface area contributed by atoms with Crippen LogP contribution >= 0.6 is 0 Å². The largest absolute Gasteiger partial charge is 0.353 e. The highest BCUT2D eigenvalue weighted by atomic mass is 16.1. The van der Waals surface area contributed by atoms with E-state index in [0.717, 1.165) is 38.5 Å². The zero-order chi connectivity index (χ0) is 14.7. The summed E-state index contributed by atoms with van der Waals surface area (Å²) in [6, 6.07) is 8.86. The molecule has 1 aromatic carbocycles. The number of amides is 1. The van der Waals surface area contributed by atoms with Crippen LogP contribution in [-0.2, 0) is 17.6 Å². The SMILES string of the molecule is NC1(Cc2ccccc2CCC(=O)NC2CCCC2)CC1. The molecule has 0 spiro atoms. The van der Waals surface area contributed by atoms with Crippen molar-refractivity contribution in [2.45, 2.75) is 69.4 Å². The van der Waals surface area contributed by atoms with E-state index in [9.17, 15) is 4.79 Å². The maximum Gasteiger partial charge on any atom is 0.220 e. The van der Waals surface area contributed by atoms with Gasteiger partial charge in [-0.15, -0.1) is 0 Å². The van der Waals surface area contributed by atoms with Gasteiger partial charge in [-0.05, 0) is 49.7 Å². The molecular weight excluding hydrogens is 260 g/mol. The number of nitrogens with one attached hydrogen (secondary N) is 1. The predicted octanol–water partition coefficient (Wildman–Crippen LogP) is 2.71. The lowest BCUT2D eigenvalue weighted by atomic mass is 9.96. The molecule has 0 aromatic heterocycles. The van der Waals surface area contributed by atoms with Crippen LogP contribution in [0.3, 0.4) is 0 Å². The number of nitrogens with two attached hydrogens (primary N) is 1. The molecule has 2 aliphatic rings. The van der Waals surface area contributed by atoms with Gasteiger partial charge in [0.05, 0.1) is 0 Å². The average Bonchev–Trinajstić information content (AvgIpc) is 2.98. The molecule has 2 saturated carbocycles. The lowest BCUT2D eigenvalue weighted by Crippen LogP contribution is -2.32. The highest BCUT2D eigenvalue weighted by Crippen LogP contribution is 2.36. The molecule has 3 nitrogen and oxygen atoms in total. The van der Waals surface area contributed by atoms with E-state index in [4.69, 9.17) is 5.73 Å². The summed E-state index contributed by atoms with van der Waals surface area (Å²) in [4.78, 5) is 12.0. The van der Waals surface area contributed by atoms with Crippen molar-refractivity contribution < 1.29 is 4.79 Å². The molecule has 2 fully saturated rings.